The van der Waals surface area contributed by atoms with E-state index in [9.17, 15) is 91.7 Å². The predicted molar refractivity (Wildman–Crippen MR) is 503 cm³/mol. The molecule has 758 valence electrons. The molecule has 0 spiro atoms. The van der Waals surface area contributed by atoms with Crippen molar-refractivity contribution < 1.29 is 125 Å². The van der Waals surface area contributed by atoms with Crippen LogP contribution in [0.5, 0.6) is 0 Å². The molecule has 138 heavy (non-hydrogen) atoms. The van der Waals surface area contributed by atoms with Crippen LogP contribution in [0.2, 0.25) is 0 Å². The maximum Gasteiger partial charge on any atom is 0.373 e. The lowest BCUT2D eigenvalue weighted by Crippen LogP contribution is -2.61. The Kier molecular flexibility index (Phi) is 46.9. The molecule has 4 fully saturated rings. The van der Waals surface area contributed by atoms with E-state index in [4.69, 9.17) is 35.3 Å². The van der Waals surface area contributed by atoms with Gasteiger partial charge in [0.2, 0.25) is 100 Å². The highest BCUT2D eigenvalue weighted by atomic mass is 32.2. The van der Waals surface area contributed by atoms with Gasteiger partial charge in [0.15, 0.2) is 5.78 Å². The number of carbonyl (C=O) groups excluding carboxylic acids is 20. The van der Waals surface area contributed by atoms with Crippen LogP contribution in [0, 0.1) is 17.8 Å². The Hall–Kier alpha value is -12.1. The molecule has 2 aromatic carbocycles. The highest BCUT2D eigenvalue weighted by Gasteiger charge is 2.43. The SMILES string of the molecule is CC[C@@H]1NC(=O)[C@H]([C@@H](C)O)NC(=O)[C@@H](CC(=O)[C@H](C)NC(=O)CN(C)C(=O)CCN)CSCC(=O)N2CCOCCN3CCOCCN(CCOCC2)C(=O)CSC[C@@H](NC1=O)C(=O)N[C@@H](Cc1c[nH]c2ccccc12)C(=O)N[C@@H](C(C)C)C(=O)N[C@@H](CC(=O)O)C(=O)NCC(=O)N[C@@H](Cc1c[nH]c2ccccc12)C(=O)N[C@@H](C(C)C)C(=O)N1CCC[C@H]1C(=O)N[C@H](C(N)=O)CSCC3=O.O=C=O. The molecule has 6 heterocycles. The van der Waals surface area contributed by atoms with Gasteiger partial charge >= 0.3 is 12.1 Å². The number of para-hydroxylation sites is 2. The number of aromatic amines is 2. The largest absolute Gasteiger partial charge is 0.481 e. The second kappa shape index (κ2) is 57.3. The zero-order valence-corrected chi connectivity index (χ0v) is 80.9. The Labute approximate surface area is 809 Å². The molecule has 13 atom stereocenters. The highest BCUT2D eigenvalue weighted by Crippen LogP contribution is 2.26. The zero-order valence-electron chi connectivity index (χ0n) is 78.5. The molecule has 0 radical (unpaired) electrons. The van der Waals surface area contributed by atoms with E-state index in [-0.39, 0.29) is 153 Å². The maximum atomic E-state index is 15.5. The Morgan fingerprint density at radius 1 is 0.543 bits per heavy atom. The lowest BCUT2D eigenvalue weighted by Gasteiger charge is -2.32. The van der Waals surface area contributed by atoms with Crippen molar-refractivity contribution in [1.82, 2.24) is 93.0 Å². The fourth-order valence-electron chi connectivity index (χ4n) is 15.3. The number of carboxylic acids is 1. The topological polar surface area (TPSA) is 659 Å². The van der Waals surface area contributed by atoms with Crippen LogP contribution in [0.25, 0.3) is 21.8 Å². The van der Waals surface area contributed by atoms with Gasteiger partial charge in [0, 0.05) is 137 Å². The van der Waals surface area contributed by atoms with Crippen molar-refractivity contribution in [2.75, 3.05) is 147 Å². The van der Waals surface area contributed by atoms with Gasteiger partial charge < -0.3 is 129 Å². The average molecular weight is 1990 g/mol. The number of aliphatic hydroxyl groups is 1. The Balaban J connectivity index is 0.00000852. The summed E-state index contributed by atoms with van der Waals surface area (Å²) in [4.78, 5) is 301. The molecule has 4 aromatic rings. The second-order valence-corrected chi connectivity index (χ2v) is 37.2. The minimum atomic E-state index is -1.97. The molecule has 4 saturated heterocycles. The third-order valence-corrected chi connectivity index (χ3v) is 26.3. The molecular formula is C89H128N20O26S3. The number of fused-ring (bicyclic) bond motifs is 17. The fourth-order valence-corrected chi connectivity index (χ4v) is 18.3. The van der Waals surface area contributed by atoms with Gasteiger partial charge in [0.1, 0.15) is 60.4 Å². The van der Waals surface area contributed by atoms with E-state index in [2.05, 4.69) is 68.5 Å². The van der Waals surface area contributed by atoms with E-state index in [1.165, 1.54) is 54.3 Å². The standard InChI is InChI=1S/C88H128N20O24S3.CO2/c1-9-58-81(122)100-65-45-135-48-73(116)107-27-33-131-30-24-105(71(114)46-133-43-55(79(120)103-77(52(7)109)87(128)96-58)37-67(110)51(6)94-69(112)42-104(8)70(113)20-21-89)23-29-130-31-25-106(26-32-132-34-28-107)72(115)47-134-44-64(78(90)119)99-85(126)66-19-14-22-108(66)88(129)76(50(4)5)102-82(123)61(35-53-39-91-59-17-12-10-15-56(53)59)95-68(111)41-93-80(121)63(38-74(117)118)98-86(127)75(49(2)3)101-83(124)62(97-84(65)125)36-54-40-92-60-18-13-11-16-57(54)60;2-1-3/h10-13,15-18,39-40,49-52,55,58,61-66,75-77,91-92,109H,9,14,19-38,41-48,89H2,1-8H3,(H2,90,119)(H,93,121)(H,94,112)(H,95,111)(H,96,128)(H,97,125)(H,98,127)(H,99,126)(H,100,122)(H,101,124)(H,102,123)(H,103,120)(H,117,118);/t51-,52+,55-,58-,61-,62-,63-,64-,65+,66-,75-,76-,77-;/m0./s1. The van der Waals surface area contributed by atoms with Crippen LogP contribution in [0.3, 0.4) is 0 Å². The number of carbonyl (C=O) groups is 19. The van der Waals surface area contributed by atoms with Crippen LogP contribution >= 0.6 is 35.3 Å². The number of hydrogen-bond donors (Lipinski definition) is 17. The number of ether oxygens (including phenoxy) is 3. The number of thioether (sulfide) groups is 3. The Morgan fingerprint density at radius 3 is 1.50 bits per heavy atom. The number of Topliss-reactive ketones (excluding diaryl/α,β-unsaturated/α-hetero) is 1. The number of aliphatic carboxylic acids is 1. The molecule has 0 aliphatic carbocycles. The van der Waals surface area contributed by atoms with Gasteiger partial charge in [-0.2, -0.15) is 21.4 Å². The molecule has 49 heteroatoms. The number of likely N-dealkylation sites (N-methyl/N-ethyl adjacent to an activating group) is 1. The highest BCUT2D eigenvalue weighted by molar-refractivity contribution is 8.00. The fraction of sp³-hybridized carbons (Fsp3) is 0.596. The van der Waals surface area contributed by atoms with E-state index in [0.29, 0.717) is 39.4 Å². The molecule has 4 aliphatic heterocycles. The quantitative estimate of drug-likeness (QED) is 0.0418. The van der Waals surface area contributed by atoms with Gasteiger partial charge in [-0.25, -0.2) is 0 Å². The molecule has 46 nitrogen and oxygen atoms in total. The molecule has 2 aromatic heterocycles. The number of nitrogens with one attached hydrogen (secondary N) is 13. The smallest absolute Gasteiger partial charge is 0.373 e. The number of aliphatic hydroxyl groups excluding tert-OH is 1. The second-order valence-electron chi connectivity index (χ2n) is 34.1. The van der Waals surface area contributed by atoms with Gasteiger partial charge in [-0.1, -0.05) is 71.0 Å². The van der Waals surface area contributed by atoms with Crippen LogP contribution in [0.1, 0.15) is 98.1 Å². The molecule has 0 unspecified atom stereocenters. The van der Waals surface area contributed by atoms with Crippen molar-refractivity contribution in [3.8, 4) is 0 Å². The van der Waals surface area contributed by atoms with E-state index in [1.54, 1.807) is 74.8 Å². The summed E-state index contributed by atoms with van der Waals surface area (Å²) in [6.07, 6.45) is -0.455. The zero-order chi connectivity index (χ0) is 101. The number of nitrogens with zero attached hydrogens (tertiary/aromatic N) is 5. The minimum Gasteiger partial charge on any atom is -0.481 e. The van der Waals surface area contributed by atoms with E-state index >= 15 is 9.59 Å². The third kappa shape index (κ3) is 35.4. The third-order valence-electron chi connectivity index (χ3n) is 23.1. The van der Waals surface area contributed by atoms with Crippen LogP contribution < -0.4 is 70.0 Å². The lowest BCUT2D eigenvalue weighted by atomic mass is 9.98. The number of carboxylic acid groups (broad SMARTS) is 1. The summed E-state index contributed by atoms with van der Waals surface area (Å²) in [5.41, 5.74) is 13.7. The van der Waals surface area contributed by atoms with Crippen molar-refractivity contribution in [3.05, 3.63) is 72.1 Å². The van der Waals surface area contributed by atoms with Crippen molar-refractivity contribution in [2.24, 2.45) is 29.2 Å². The number of amides is 17. The molecule has 4 bridgehead atoms. The maximum absolute atomic E-state index is 15.5. The Morgan fingerprint density at radius 2 is 1.01 bits per heavy atom. The lowest BCUT2D eigenvalue weighted by molar-refractivity contribution is -0.192. The van der Waals surface area contributed by atoms with Crippen LogP contribution in [-0.2, 0) is 128 Å². The number of primary amides is 1. The summed E-state index contributed by atoms with van der Waals surface area (Å²) >= 11 is 2.71. The van der Waals surface area contributed by atoms with Gasteiger partial charge in [-0.05, 0) is 68.2 Å². The summed E-state index contributed by atoms with van der Waals surface area (Å²) in [6.45, 7) is 7.75. The van der Waals surface area contributed by atoms with E-state index in [1.807, 2.05) is 0 Å². The van der Waals surface area contributed by atoms with Gasteiger partial charge in [-0.3, -0.25) is 91.1 Å². The summed E-state index contributed by atoms with van der Waals surface area (Å²) in [5, 5.41) is 51.2. The summed E-state index contributed by atoms with van der Waals surface area (Å²) in [5.74, 6) is -22.0. The summed E-state index contributed by atoms with van der Waals surface area (Å²) in [6, 6.07) is -3.29. The Bertz CT molecular complexity index is 4960. The molecule has 19 N–H and O–H groups in total. The van der Waals surface area contributed by atoms with Gasteiger partial charge in [-0.15, -0.1) is 23.5 Å². The summed E-state index contributed by atoms with van der Waals surface area (Å²) in [7, 11) is 1.36. The van der Waals surface area contributed by atoms with Crippen molar-refractivity contribution >= 4 is 175 Å². The predicted octanol–water partition coefficient (Wildman–Crippen LogP) is -4.95. The molecule has 17 amide bonds. The van der Waals surface area contributed by atoms with Crippen LogP contribution in [0.4, 0.5) is 0 Å². The van der Waals surface area contributed by atoms with Crippen molar-refractivity contribution in [1.29, 1.82) is 0 Å². The molecular weight excluding hydrogens is 1860 g/mol. The number of aromatic nitrogens is 2. The minimum absolute atomic E-state index is 0.00667. The number of hydrogen-bond acceptors (Lipinski definition) is 29. The first-order valence-electron chi connectivity index (χ1n) is 45.4. The molecule has 0 saturated carbocycles. The van der Waals surface area contributed by atoms with Crippen molar-refractivity contribution in [2.45, 2.75) is 172 Å². The number of rotatable bonds is 19. The summed E-state index contributed by atoms with van der Waals surface area (Å²) < 4.78 is 18.3. The molecule has 4 aliphatic rings. The van der Waals surface area contributed by atoms with Gasteiger partial charge in [0.05, 0.1) is 94.5 Å². The number of H-pyrrole nitrogens is 2. The average Bonchev–Trinajstić information content (AvgIpc) is 1.66. The first-order valence-corrected chi connectivity index (χ1v) is 48.9. The monoisotopic (exact) mass is 1990 g/mol. The first-order chi connectivity index (χ1) is 65.8. The van der Waals surface area contributed by atoms with Crippen LogP contribution in [-0.4, -0.2) is 382 Å². The van der Waals surface area contributed by atoms with Crippen molar-refractivity contribution in [3.63, 3.8) is 0 Å². The van der Waals surface area contributed by atoms with E-state index < -0.39 is 240 Å². The molecule has 8 rings (SSSR count). The van der Waals surface area contributed by atoms with Crippen LogP contribution in [0.15, 0.2) is 60.9 Å². The number of nitrogens with two attached hydrogens (primary N) is 2. The van der Waals surface area contributed by atoms with E-state index in [0.717, 1.165) is 47.1 Å². The van der Waals surface area contributed by atoms with Gasteiger partial charge in [0.25, 0.3) is 0 Å². The normalized spacial score (nSPS) is 24.1. The first kappa shape index (κ1) is 113. The number of ketones is 1. The number of benzene rings is 2.